The Bertz CT molecular complexity index is 468. The van der Waals surface area contributed by atoms with Crippen molar-refractivity contribution < 1.29 is 9.53 Å². The van der Waals surface area contributed by atoms with Gasteiger partial charge >= 0.3 is 0 Å². The van der Waals surface area contributed by atoms with Crippen LogP contribution in [0.3, 0.4) is 0 Å². The number of rotatable bonds is 6. The Kier molecular flexibility index (Phi) is 8.04. The smallest absolute Gasteiger partial charge is 0.242 e. The van der Waals surface area contributed by atoms with Crippen LogP contribution in [0.5, 0.6) is 0 Å². The molecule has 0 atom stereocenters. The molecule has 0 bridgehead atoms. The first kappa shape index (κ1) is 17.7. The van der Waals surface area contributed by atoms with E-state index in [1.807, 2.05) is 12.1 Å². The van der Waals surface area contributed by atoms with Crippen LogP contribution in [-0.4, -0.2) is 43.3 Å². The van der Waals surface area contributed by atoms with Crippen molar-refractivity contribution in [3.05, 3.63) is 34.9 Å². The standard InChI is InChI=1S/C14H20ClN3O2S/c1-18(14(21)16-8-3-9-20-2)17-13(19)10-11-4-6-12(15)7-5-11/h4-7H,3,8-10H2,1-2H3,(H,16,21)(H,17,19). The van der Waals surface area contributed by atoms with Gasteiger partial charge < -0.3 is 10.1 Å². The normalized spacial score (nSPS) is 10.0. The monoisotopic (exact) mass is 329 g/mol. The number of amides is 1. The van der Waals surface area contributed by atoms with E-state index in [-0.39, 0.29) is 12.3 Å². The minimum Gasteiger partial charge on any atom is -0.385 e. The number of ether oxygens (including phenoxy) is 1. The van der Waals surface area contributed by atoms with E-state index in [1.54, 1.807) is 26.3 Å². The van der Waals surface area contributed by atoms with Crippen LogP contribution in [0.2, 0.25) is 5.02 Å². The van der Waals surface area contributed by atoms with Gasteiger partial charge in [0.05, 0.1) is 6.42 Å². The predicted molar refractivity (Wildman–Crippen MR) is 88.2 cm³/mol. The van der Waals surface area contributed by atoms with Crippen molar-refractivity contribution in [1.82, 2.24) is 15.8 Å². The van der Waals surface area contributed by atoms with Gasteiger partial charge in [-0.1, -0.05) is 23.7 Å². The van der Waals surface area contributed by atoms with Crippen molar-refractivity contribution in [2.75, 3.05) is 27.3 Å². The quantitative estimate of drug-likeness (QED) is 0.473. The van der Waals surface area contributed by atoms with E-state index < -0.39 is 0 Å². The molecular formula is C14H20ClN3O2S. The van der Waals surface area contributed by atoms with E-state index in [0.29, 0.717) is 23.3 Å². The SMILES string of the molecule is COCCCNC(=S)N(C)NC(=O)Cc1ccc(Cl)cc1. The summed E-state index contributed by atoms with van der Waals surface area (Å²) in [4.78, 5) is 11.9. The second kappa shape index (κ2) is 9.55. The van der Waals surface area contributed by atoms with Gasteiger partial charge in [-0.3, -0.25) is 15.2 Å². The molecule has 7 heteroatoms. The number of methoxy groups -OCH3 is 1. The average Bonchev–Trinajstić information content (AvgIpc) is 2.45. The fourth-order valence-corrected chi connectivity index (χ4v) is 1.87. The zero-order valence-corrected chi connectivity index (χ0v) is 13.8. The summed E-state index contributed by atoms with van der Waals surface area (Å²) in [5, 5.41) is 5.66. The van der Waals surface area contributed by atoms with E-state index in [1.165, 1.54) is 5.01 Å². The minimum atomic E-state index is -0.138. The molecule has 0 saturated carbocycles. The Morgan fingerprint density at radius 2 is 2.05 bits per heavy atom. The van der Waals surface area contributed by atoms with Gasteiger partial charge in [0, 0.05) is 32.3 Å². The zero-order valence-electron chi connectivity index (χ0n) is 12.2. The van der Waals surface area contributed by atoms with Crippen LogP contribution in [0.1, 0.15) is 12.0 Å². The minimum absolute atomic E-state index is 0.138. The molecule has 1 rings (SSSR count). The number of carbonyl (C=O) groups is 1. The molecule has 1 amide bonds. The molecule has 0 unspecified atom stereocenters. The van der Waals surface area contributed by atoms with Gasteiger partial charge in [-0.2, -0.15) is 0 Å². The number of carbonyl (C=O) groups excluding carboxylic acids is 1. The first-order valence-electron chi connectivity index (χ1n) is 6.57. The number of thiocarbonyl (C=S) groups is 1. The molecule has 0 heterocycles. The largest absolute Gasteiger partial charge is 0.385 e. The van der Waals surface area contributed by atoms with Crippen LogP contribution in [0.15, 0.2) is 24.3 Å². The number of benzene rings is 1. The predicted octanol–water partition coefficient (Wildman–Crippen LogP) is 1.76. The lowest BCUT2D eigenvalue weighted by Gasteiger charge is -2.21. The Balaban J connectivity index is 2.32. The topological polar surface area (TPSA) is 53.6 Å². The molecular weight excluding hydrogens is 310 g/mol. The third-order valence-electron chi connectivity index (χ3n) is 2.68. The number of nitrogens with one attached hydrogen (secondary N) is 2. The summed E-state index contributed by atoms with van der Waals surface area (Å²) in [6, 6.07) is 7.16. The first-order chi connectivity index (χ1) is 10.0. The summed E-state index contributed by atoms with van der Waals surface area (Å²) in [6.07, 6.45) is 1.12. The van der Waals surface area contributed by atoms with Gasteiger partial charge in [0.25, 0.3) is 0 Å². The van der Waals surface area contributed by atoms with Crippen molar-refractivity contribution >= 4 is 34.8 Å². The summed E-state index contributed by atoms with van der Waals surface area (Å²) in [7, 11) is 3.35. The molecule has 0 saturated heterocycles. The molecule has 1 aromatic rings. The summed E-state index contributed by atoms with van der Waals surface area (Å²) in [6.45, 7) is 1.37. The molecule has 2 N–H and O–H groups in total. The van der Waals surface area contributed by atoms with Gasteiger partial charge in [-0.25, -0.2) is 0 Å². The number of hydrazine groups is 1. The van der Waals surface area contributed by atoms with Crippen LogP contribution < -0.4 is 10.7 Å². The molecule has 0 aliphatic heterocycles. The van der Waals surface area contributed by atoms with E-state index in [4.69, 9.17) is 28.6 Å². The highest BCUT2D eigenvalue weighted by Crippen LogP contribution is 2.09. The molecule has 116 valence electrons. The molecule has 0 aliphatic rings. The molecule has 1 aromatic carbocycles. The van der Waals surface area contributed by atoms with Crippen LogP contribution in [0.4, 0.5) is 0 Å². The van der Waals surface area contributed by atoms with E-state index >= 15 is 0 Å². The molecule has 5 nitrogen and oxygen atoms in total. The maximum atomic E-state index is 11.9. The molecule has 21 heavy (non-hydrogen) atoms. The lowest BCUT2D eigenvalue weighted by atomic mass is 10.1. The highest BCUT2D eigenvalue weighted by molar-refractivity contribution is 7.80. The second-order valence-electron chi connectivity index (χ2n) is 4.48. The highest BCUT2D eigenvalue weighted by atomic mass is 35.5. The van der Waals surface area contributed by atoms with E-state index in [2.05, 4.69) is 10.7 Å². The van der Waals surface area contributed by atoms with Crippen LogP contribution in [-0.2, 0) is 16.0 Å². The fraction of sp³-hybridized carbons (Fsp3) is 0.429. The maximum Gasteiger partial charge on any atom is 0.242 e. The van der Waals surface area contributed by atoms with Gasteiger partial charge in [0.1, 0.15) is 0 Å². The van der Waals surface area contributed by atoms with Gasteiger partial charge in [-0.05, 0) is 36.3 Å². The van der Waals surface area contributed by atoms with Crippen molar-refractivity contribution in [2.45, 2.75) is 12.8 Å². The number of halogens is 1. The third kappa shape index (κ3) is 7.27. The first-order valence-corrected chi connectivity index (χ1v) is 7.36. The summed E-state index contributed by atoms with van der Waals surface area (Å²) in [5.41, 5.74) is 3.60. The van der Waals surface area contributed by atoms with E-state index in [9.17, 15) is 4.79 Å². The average molecular weight is 330 g/mol. The number of hydrogen-bond donors (Lipinski definition) is 2. The van der Waals surface area contributed by atoms with Crippen LogP contribution in [0, 0.1) is 0 Å². The van der Waals surface area contributed by atoms with Crippen molar-refractivity contribution in [3.63, 3.8) is 0 Å². The Labute approximate surface area is 135 Å². The van der Waals surface area contributed by atoms with Gasteiger partial charge in [0.15, 0.2) is 5.11 Å². The van der Waals surface area contributed by atoms with Crippen molar-refractivity contribution in [3.8, 4) is 0 Å². The summed E-state index contributed by atoms with van der Waals surface area (Å²) < 4.78 is 4.95. The molecule has 0 aromatic heterocycles. The van der Waals surface area contributed by atoms with Gasteiger partial charge in [0.2, 0.25) is 5.91 Å². The van der Waals surface area contributed by atoms with Crippen molar-refractivity contribution in [1.29, 1.82) is 0 Å². The Morgan fingerprint density at radius 1 is 1.38 bits per heavy atom. The highest BCUT2D eigenvalue weighted by Gasteiger charge is 2.08. The maximum absolute atomic E-state index is 11.9. The van der Waals surface area contributed by atoms with Crippen LogP contribution >= 0.6 is 23.8 Å². The second-order valence-corrected chi connectivity index (χ2v) is 5.30. The molecule has 0 radical (unpaired) electrons. The number of hydrogen-bond acceptors (Lipinski definition) is 3. The summed E-state index contributed by atoms with van der Waals surface area (Å²) >= 11 is 11.0. The number of nitrogens with zero attached hydrogens (tertiary/aromatic N) is 1. The lowest BCUT2D eigenvalue weighted by Crippen LogP contribution is -2.48. The van der Waals surface area contributed by atoms with Crippen molar-refractivity contribution in [2.24, 2.45) is 0 Å². The Hall–Kier alpha value is -1.37. The molecule has 0 aliphatic carbocycles. The molecule has 0 spiro atoms. The lowest BCUT2D eigenvalue weighted by molar-refractivity contribution is -0.123. The summed E-state index contributed by atoms with van der Waals surface area (Å²) in [5.74, 6) is -0.138. The van der Waals surface area contributed by atoms with E-state index in [0.717, 1.165) is 12.0 Å². The fourth-order valence-electron chi connectivity index (χ4n) is 1.60. The third-order valence-corrected chi connectivity index (χ3v) is 3.35. The van der Waals surface area contributed by atoms with Crippen LogP contribution in [0.25, 0.3) is 0 Å². The van der Waals surface area contributed by atoms with Gasteiger partial charge in [-0.15, -0.1) is 0 Å². The zero-order chi connectivity index (χ0) is 15.7. The molecule has 0 fully saturated rings. The Morgan fingerprint density at radius 3 is 2.67 bits per heavy atom.